The summed E-state index contributed by atoms with van der Waals surface area (Å²) < 4.78 is 0. The van der Waals surface area contributed by atoms with Crippen LogP contribution in [0.3, 0.4) is 0 Å². The van der Waals surface area contributed by atoms with Gasteiger partial charge in [-0.1, -0.05) is 37.6 Å². The number of halogens is 1. The molecular formula is C16H25ClN2. The van der Waals surface area contributed by atoms with Gasteiger partial charge in [0.15, 0.2) is 0 Å². The van der Waals surface area contributed by atoms with Crippen molar-refractivity contribution >= 4 is 11.6 Å². The van der Waals surface area contributed by atoms with E-state index in [0.29, 0.717) is 12.6 Å². The Labute approximate surface area is 121 Å². The Morgan fingerprint density at radius 1 is 1.32 bits per heavy atom. The van der Waals surface area contributed by atoms with Crippen molar-refractivity contribution in [1.82, 2.24) is 4.90 Å². The quantitative estimate of drug-likeness (QED) is 0.911. The van der Waals surface area contributed by atoms with Crippen LogP contribution in [0.1, 0.15) is 38.3 Å². The lowest BCUT2D eigenvalue weighted by Crippen LogP contribution is -2.40. The van der Waals surface area contributed by atoms with Gasteiger partial charge in [-0.3, -0.25) is 4.90 Å². The standard InChI is InChI=1S/C16H25ClN2/c1-12(2)13-6-8-19(9-7-13)16(11-18)14-4-3-5-15(17)10-14/h3-5,10,12-13,16H,6-9,11,18H2,1-2H3. The SMILES string of the molecule is CC(C)C1CCN(C(CN)c2cccc(Cl)c2)CC1. The molecule has 106 valence electrons. The first-order valence-corrected chi connectivity index (χ1v) is 7.69. The van der Waals surface area contributed by atoms with E-state index in [1.54, 1.807) is 0 Å². The second-order valence-electron chi connectivity index (χ2n) is 5.92. The van der Waals surface area contributed by atoms with Gasteiger partial charge in [-0.05, 0) is 55.5 Å². The van der Waals surface area contributed by atoms with Gasteiger partial charge in [0.05, 0.1) is 0 Å². The minimum atomic E-state index is 0.312. The van der Waals surface area contributed by atoms with Gasteiger partial charge in [-0.25, -0.2) is 0 Å². The highest BCUT2D eigenvalue weighted by Gasteiger charge is 2.26. The van der Waals surface area contributed by atoms with E-state index in [4.69, 9.17) is 17.3 Å². The van der Waals surface area contributed by atoms with Crippen LogP contribution in [0, 0.1) is 11.8 Å². The van der Waals surface area contributed by atoms with Crippen molar-refractivity contribution in [2.45, 2.75) is 32.7 Å². The zero-order valence-electron chi connectivity index (χ0n) is 12.0. The molecule has 3 heteroatoms. The molecule has 1 aromatic rings. The molecule has 1 heterocycles. The molecule has 19 heavy (non-hydrogen) atoms. The molecule has 0 aliphatic carbocycles. The summed E-state index contributed by atoms with van der Waals surface area (Å²) in [5.41, 5.74) is 7.24. The molecule has 0 aromatic heterocycles. The van der Waals surface area contributed by atoms with E-state index >= 15 is 0 Å². The Morgan fingerprint density at radius 3 is 2.53 bits per heavy atom. The summed E-state index contributed by atoms with van der Waals surface area (Å²) in [6.45, 7) is 7.62. The van der Waals surface area contributed by atoms with Gasteiger partial charge in [-0.15, -0.1) is 0 Å². The molecular weight excluding hydrogens is 256 g/mol. The molecule has 1 aromatic carbocycles. The highest BCUT2D eigenvalue weighted by molar-refractivity contribution is 6.30. The zero-order chi connectivity index (χ0) is 13.8. The van der Waals surface area contributed by atoms with E-state index in [2.05, 4.69) is 24.8 Å². The van der Waals surface area contributed by atoms with Gasteiger partial charge < -0.3 is 5.73 Å². The van der Waals surface area contributed by atoms with Crippen LogP contribution in [-0.4, -0.2) is 24.5 Å². The first kappa shape index (κ1) is 14.8. The van der Waals surface area contributed by atoms with E-state index in [1.165, 1.54) is 18.4 Å². The van der Waals surface area contributed by atoms with Gasteiger partial charge >= 0.3 is 0 Å². The lowest BCUT2D eigenvalue weighted by Gasteiger charge is -2.38. The second kappa shape index (κ2) is 6.74. The van der Waals surface area contributed by atoms with E-state index in [-0.39, 0.29) is 0 Å². The van der Waals surface area contributed by atoms with Gasteiger partial charge in [-0.2, -0.15) is 0 Å². The fourth-order valence-electron chi connectivity index (χ4n) is 3.11. The molecule has 0 bridgehead atoms. The van der Waals surface area contributed by atoms with Gasteiger partial charge in [0.2, 0.25) is 0 Å². The smallest absolute Gasteiger partial charge is 0.0470 e. The van der Waals surface area contributed by atoms with Crippen molar-refractivity contribution in [2.75, 3.05) is 19.6 Å². The molecule has 1 saturated heterocycles. The number of likely N-dealkylation sites (tertiary alicyclic amines) is 1. The average Bonchev–Trinajstić information content (AvgIpc) is 2.40. The molecule has 0 saturated carbocycles. The predicted molar refractivity (Wildman–Crippen MR) is 82.4 cm³/mol. The van der Waals surface area contributed by atoms with Crippen LogP contribution in [0.4, 0.5) is 0 Å². The van der Waals surface area contributed by atoms with Crippen molar-refractivity contribution in [3.8, 4) is 0 Å². The monoisotopic (exact) mass is 280 g/mol. The topological polar surface area (TPSA) is 29.3 Å². The van der Waals surface area contributed by atoms with Crippen molar-refractivity contribution in [2.24, 2.45) is 17.6 Å². The van der Waals surface area contributed by atoms with Crippen LogP contribution in [0.5, 0.6) is 0 Å². The fourth-order valence-corrected chi connectivity index (χ4v) is 3.31. The lowest BCUT2D eigenvalue weighted by molar-refractivity contribution is 0.117. The van der Waals surface area contributed by atoms with Gasteiger partial charge in [0, 0.05) is 17.6 Å². The lowest BCUT2D eigenvalue weighted by atomic mass is 9.86. The number of nitrogens with zero attached hydrogens (tertiary/aromatic N) is 1. The number of piperidine rings is 1. The summed E-state index contributed by atoms with van der Waals surface area (Å²) >= 11 is 6.09. The highest BCUT2D eigenvalue weighted by atomic mass is 35.5. The number of hydrogen-bond acceptors (Lipinski definition) is 2. The largest absolute Gasteiger partial charge is 0.329 e. The summed E-state index contributed by atoms with van der Waals surface area (Å²) in [6.07, 6.45) is 2.57. The third-order valence-corrected chi connectivity index (χ3v) is 4.65. The van der Waals surface area contributed by atoms with E-state index in [9.17, 15) is 0 Å². The third-order valence-electron chi connectivity index (χ3n) is 4.41. The normalized spacial score (nSPS) is 19.8. The van der Waals surface area contributed by atoms with Crippen LogP contribution in [0.25, 0.3) is 0 Å². The summed E-state index contributed by atoms with van der Waals surface area (Å²) in [5.74, 6) is 1.67. The maximum Gasteiger partial charge on any atom is 0.0470 e. The van der Waals surface area contributed by atoms with Gasteiger partial charge in [0.1, 0.15) is 0 Å². The van der Waals surface area contributed by atoms with Crippen LogP contribution >= 0.6 is 11.6 Å². The Morgan fingerprint density at radius 2 is 2.00 bits per heavy atom. The molecule has 2 N–H and O–H groups in total. The minimum absolute atomic E-state index is 0.312. The fraction of sp³-hybridized carbons (Fsp3) is 0.625. The highest BCUT2D eigenvalue weighted by Crippen LogP contribution is 2.30. The first-order chi connectivity index (χ1) is 9.11. The average molecular weight is 281 g/mol. The maximum atomic E-state index is 6.09. The molecule has 1 atom stereocenters. The molecule has 0 spiro atoms. The number of benzene rings is 1. The number of nitrogens with two attached hydrogens (primary N) is 1. The second-order valence-corrected chi connectivity index (χ2v) is 6.36. The maximum absolute atomic E-state index is 6.09. The Kier molecular flexibility index (Phi) is 5.26. The molecule has 1 aliphatic rings. The number of rotatable bonds is 4. The van der Waals surface area contributed by atoms with Crippen molar-refractivity contribution in [3.63, 3.8) is 0 Å². The van der Waals surface area contributed by atoms with Crippen molar-refractivity contribution < 1.29 is 0 Å². The van der Waals surface area contributed by atoms with Crippen LogP contribution < -0.4 is 5.73 Å². The predicted octanol–water partition coefficient (Wildman–Crippen LogP) is 3.71. The third kappa shape index (κ3) is 3.71. The van der Waals surface area contributed by atoms with Crippen molar-refractivity contribution in [1.29, 1.82) is 0 Å². The summed E-state index contributed by atoms with van der Waals surface area (Å²) in [4.78, 5) is 2.52. The molecule has 0 amide bonds. The number of hydrogen-bond donors (Lipinski definition) is 1. The van der Waals surface area contributed by atoms with E-state index < -0.39 is 0 Å². The first-order valence-electron chi connectivity index (χ1n) is 7.31. The van der Waals surface area contributed by atoms with Crippen LogP contribution in [0.15, 0.2) is 24.3 Å². The zero-order valence-corrected chi connectivity index (χ0v) is 12.7. The molecule has 1 fully saturated rings. The van der Waals surface area contributed by atoms with E-state index in [0.717, 1.165) is 29.9 Å². The van der Waals surface area contributed by atoms with Crippen LogP contribution in [-0.2, 0) is 0 Å². The molecule has 1 unspecified atom stereocenters. The van der Waals surface area contributed by atoms with Gasteiger partial charge in [0.25, 0.3) is 0 Å². The van der Waals surface area contributed by atoms with Crippen LogP contribution in [0.2, 0.25) is 5.02 Å². The Bertz CT molecular complexity index is 397. The van der Waals surface area contributed by atoms with E-state index in [1.807, 2.05) is 18.2 Å². The summed E-state index contributed by atoms with van der Waals surface area (Å²) in [7, 11) is 0. The molecule has 2 nitrogen and oxygen atoms in total. The molecule has 1 aliphatic heterocycles. The minimum Gasteiger partial charge on any atom is -0.329 e. The summed E-state index contributed by atoms with van der Waals surface area (Å²) in [6, 6.07) is 8.43. The summed E-state index contributed by atoms with van der Waals surface area (Å²) in [5, 5.41) is 0.799. The van der Waals surface area contributed by atoms with Crippen molar-refractivity contribution in [3.05, 3.63) is 34.9 Å². The molecule has 2 rings (SSSR count). The Balaban J connectivity index is 2.03. The molecule has 0 radical (unpaired) electrons. The Hall–Kier alpha value is -0.570.